The summed E-state index contributed by atoms with van der Waals surface area (Å²) in [4.78, 5) is 8.48. The Bertz CT molecular complexity index is 837. The number of nitrogens with one attached hydrogen (secondary N) is 2. The number of aliphatic hydroxyl groups excluding tert-OH is 1. The van der Waals surface area contributed by atoms with E-state index in [2.05, 4.69) is 33.8 Å². The minimum absolute atomic E-state index is 0.128. The number of nitrogens with two attached hydrogens (primary N) is 1. The number of anilines is 3. The van der Waals surface area contributed by atoms with E-state index in [9.17, 15) is 5.11 Å². The fourth-order valence-electron chi connectivity index (χ4n) is 3.33. The number of hydrogen-bond acceptors (Lipinski definition) is 6. The predicted octanol–water partition coefficient (Wildman–Crippen LogP) is 4.06. The van der Waals surface area contributed by atoms with Gasteiger partial charge >= 0.3 is 0 Å². The van der Waals surface area contributed by atoms with Crippen LogP contribution in [0.4, 0.5) is 17.5 Å². The van der Waals surface area contributed by atoms with Crippen molar-refractivity contribution in [1.82, 2.24) is 9.97 Å². The molecule has 0 radical (unpaired) electrons. The van der Waals surface area contributed by atoms with Gasteiger partial charge in [0.2, 0.25) is 5.95 Å². The molecule has 2 aromatic rings. The fourth-order valence-corrected chi connectivity index (χ4v) is 3.62. The third-order valence-corrected chi connectivity index (χ3v) is 5.02. The monoisotopic (exact) mass is 385 g/mol. The van der Waals surface area contributed by atoms with Crippen LogP contribution in [0.25, 0.3) is 11.1 Å². The Balaban J connectivity index is 1.88. The molecule has 1 aromatic carbocycles. The van der Waals surface area contributed by atoms with Gasteiger partial charge in [-0.2, -0.15) is 4.98 Å². The smallest absolute Gasteiger partial charge is 0.223 e. The van der Waals surface area contributed by atoms with Crippen LogP contribution in [0.2, 0.25) is 5.15 Å². The third kappa shape index (κ3) is 4.59. The van der Waals surface area contributed by atoms with E-state index in [1.54, 1.807) is 6.08 Å². The Morgan fingerprint density at radius 3 is 2.67 bits per heavy atom. The van der Waals surface area contributed by atoms with Gasteiger partial charge in [-0.25, -0.2) is 4.98 Å². The van der Waals surface area contributed by atoms with Crippen LogP contribution in [0.3, 0.4) is 0 Å². The Morgan fingerprint density at radius 2 is 2.04 bits per heavy atom. The Morgan fingerprint density at radius 1 is 1.30 bits per heavy atom. The van der Waals surface area contributed by atoms with Crippen LogP contribution in [0.5, 0.6) is 0 Å². The second-order valence-corrected chi connectivity index (χ2v) is 7.09. The van der Waals surface area contributed by atoms with Gasteiger partial charge in [-0.1, -0.05) is 36.9 Å². The van der Waals surface area contributed by atoms with Crippen molar-refractivity contribution in [3.63, 3.8) is 0 Å². The minimum Gasteiger partial charge on any atom is -0.396 e. The summed E-state index contributed by atoms with van der Waals surface area (Å²) in [5, 5.41) is 16.3. The molecular formula is C20H24ClN5O. The maximum atomic E-state index is 9.36. The zero-order chi connectivity index (χ0) is 19.4. The van der Waals surface area contributed by atoms with E-state index < -0.39 is 0 Å². The highest BCUT2D eigenvalue weighted by molar-refractivity contribution is 6.32. The lowest BCUT2D eigenvalue weighted by molar-refractivity contribution is 0.229. The van der Waals surface area contributed by atoms with Crippen molar-refractivity contribution in [1.29, 1.82) is 0 Å². The largest absolute Gasteiger partial charge is 0.396 e. The van der Waals surface area contributed by atoms with Crippen LogP contribution < -0.4 is 16.4 Å². The molecule has 0 aliphatic heterocycles. The summed E-state index contributed by atoms with van der Waals surface area (Å²) in [6.07, 6.45) is 4.51. The van der Waals surface area contributed by atoms with Gasteiger partial charge in [0, 0.05) is 24.0 Å². The molecule has 1 saturated carbocycles. The van der Waals surface area contributed by atoms with Crippen LogP contribution in [-0.4, -0.2) is 27.7 Å². The van der Waals surface area contributed by atoms with Crippen LogP contribution in [0.15, 0.2) is 49.2 Å². The van der Waals surface area contributed by atoms with Gasteiger partial charge in [-0.3, -0.25) is 0 Å². The highest BCUT2D eigenvalue weighted by Crippen LogP contribution is 2.36. The van der Waals surface area contributed by atoms with E-state index >= 15 is 0 Å². The van der Waals surface area contributed by atoms with Gasteiger partial charge in [0.05, 0.1) is 5.56 Å². The molecule has 0 saturated heterocycles. The number of nitrogen functional groups attached to an aromatic ring is 1. The molecule has 1 aliphatic rings. The molecule has 27 heavy (non-hydrogen) atoms. The molecule has 3 rings (SSSR count). The summed E-state index contributed by atoms with van der Waals surface area (Å²) >= 11 is 6.40. The lowest BCUT2D eigenvalue weighted by Crippen LogP contribution is -2.18. The molecule has 2 unspecified atom stereocenters. The zero-order valence-electron chi connectivity index (χ0n) is 15.1. The molecule has 0 amide bonds. The molecule has 0 spiro atoms. The van der Waals surface area contributed by atoms with Gasteiger partial charge < -0.3 is 21.5 Å². The molecule has 1 heterocycles. The average Bonchev–Trinajstić information content (AvgIpc) is 3.10. The molecule has 5 N–H and O–H groups in total. The van der Waals surface area contributed by atoms with E-state index in [0.29, 0.717) is 22.5 Å². The van der Waals surface area contributed by atoms with Gasteiger partial charge in [0.15, 0.2) is 0 Å². The average molecular weight is 386 g/mol. The first-order chi connectivity index (χ1) is 13.0. The number of allylic oxidation sites excluding steroid dienone is 1. The van der Waals surface area contributed by atoms with Crippen molar-refractivity contribution in [2.75, 3.05) is 23.0 Å². The normalized spacial score (nSPS) is 18.9. The number of aromatic nitrogens is 2. The summed E-state index contributed by atoms with van der Waals surface area (Å²) in [5.41, 5.74) is 9.03. The SMILES string of the molecule is C=CC(=C)Nc1ccc(-c2c(Cl)nc(N)nc2NC2CCC(CO)C2)cc1. The molecule has 2 atom stereocenters. The quantitative estimate of drug-likeness (QED) is 0.424. The highest BCUT2D eigenvalue weighted by atomic mass is 35.5. The fraction of sp³-hybridized carbons (Fsp3) is 0.300. The number of rotatable bonds is 7. The van der Waals surface area contributed by atoms with Crippen LogP contribution >= 0.6 is 11.6 Å². The van der Waals surface area contributed by atoms with E-state index in [1.165, 1.54) is 0 Å². The maximum Gasteiger partial charge on any atom is 0.223 e. The third-order valence-electron chi connectivity index (χ3n) is 4.75. The highest BCUT2D eigenvalue weighted by Gasteiger charge is 2.26. The number of hydrogen-bond donors (Lipinski definition) is 4. The van der Waals surface area contributed by atoms with E-state index in [-0.39, 0.29) is 18.6 Å². The minimum atomic E-state index is 0.128. The topological polar surface area (TPSA) is 96.1 Å². The molecule has 1 fully saturated rings. The Kier molecular flexibility index (Phi) is 5.98. The molecule has 1 aromatic heterocycles. The van der Waals surface area contributed by atoms with Crippen molar-refractivity contribution in [2.45, 2.75) is 25.3 Å². The molecular weight excluding hydrogens is 362 g/mol. The van der Waals surface area contributed by atoms with Crippen molar-refractivity contribution < 1.29 is 5.11 Å². The number of benzene rings is 1. The first-order valence-electron chi connectivity index (χ1n) is 8.89. The Labute approximate surface area is 164 Å². The van der Waals surface area contributed by atoms with Crippen LogP contribution in [-0.2, 0) is 0 Å². The van der Waals surface area contributed by atoms with E-state index in [0.717, 1.165) is 36.2 Å². The second kappa shape index (κ2) is 8.41. The van der Waals surface area contributed by atoms with Gasteiger partial charge in [-0.05, 0) is 49.0 Å². The molecule has 7 heteroatoms. The summed E-state index contributed by atoms with van der Waals surface area (Å²) in [6.45, 7) is 7.74. The summed E-state index contributed by atoms with van der Waals surface area (Å²) in [5.74, 6) is 1.07. The van der Waals surface area contributed by atoms with E-state index in [4.69, 9.17) is 17.3 Å². The second-order valence-electron chi connectivity index (χ2n) is 6.73. The summed E-state index contributed by atoms with van der Waals surface area (Å²) in [6, 6.07) is 7.96. The van der Waals surface area contributed by atoms with Gasteiger partial charge in [0.25, 0.3) is 0 Å². The van der Waals surface area contributed by atoms with Gasteiger partial charge in [-0.15, -0.1) is 0 Å². The van der Waals surface area contributed by atoms with Crippen LogP contribution in [0.1, 0.15) is 19.3 Å². The summed E-state index contributed by atoms with van der Waals surface area (Å²) < 4.78 is 0. The zero-order valence-corrected chi connectivity index (χ0v) is 15.8. The lowest BCUT2D eigenvalue weighted by atomic mass is 10.1. The first kappa shape index (κ1) is 19.2. The molecule has 142 valence electrons. The number of aliphatic hydroxyl groups is 1. The van der Waals surface area contributed by atoms with Crippen molar-refractivity contribution in [3.8, 4) is 11.1 Å². The predicted molar refractivity (Wildman–Crippen MR) is 112 cm³/mol. The van der Waals surface area contributed by atoms with Crippen LogP contribution in [0, 0.1) is 5.92 Å². The molecule has 0 bridgehead atoms. The molecule has 6 nitrogen and oxygen atoms in total. The van der Waals surface area contributed by atoms with Crippen molar-refractivity contribution in [2.24, 2.45) is 5.92 Å². The Hall–Kier alpha value is -2.57. The summed E-state index contributed by atoms with van der Waals surface area (Å²) in [7, 11) is 0. The maximum absolute atomic E-state index is 9.36. The standard InChI is InChI=1S/C20H24ClN5O/c1-3-12(2)23-15-8-5-14(6-9-15)17-18(21)25-20(22)26-19(17)24-16-7-4-13(10-16)11-27/h3,5-6,8-9,13,16,23,27H,1-2,4,7,10-11H2,(H3,22,24,25,26). The van der Waals surface area contributed by atoms with Crippen molar-refractivity contribution >= 4 is 29.1 Å². The number of nitrogens with zero attached hydrogens (tertiary/aromatic N) is 2. The van der Waals surface area contributed by atoms with Gasteiger partial charge in [0.1, 0.15) is 11.0 Å². The number of halogens is 1. The molecule has 1 aliphatic carbocycles. The van der Waals surface area contributed by atoms with E-state index in [1.807, 2.05) is 24.3 Å². The first-order valence-corrected chi connectivity index (χ1v) is 9.27. The van der Waals surface area contributed by atoms with Crippen molar-refractivity contribution in [3.05, 3.63) is 54.3 Å². The lowest BCUT2D eigenvalue weighted by Gasteiger charge is -2.18.